The second-order valence-electron chi connectivity index (χ2n) is 5.98. The van der Waals surface area contributed by atoms with Crippen LogP contribution in [-0.4, -0.2) is 61.9 Å². The minimum atomic E-state index is 0.224. The molecule has 2 aromatic rings. The largest absolute Gasteiger partial charge is 0.507 e. The summed E-state index contributed by atoms with van der Waals surface area (Å²) in [7, 11) is 0. The SMILES string of the molecule is Oc1ccc(Br)cc1C=NCCNCCNCCN=Cc1cc(Br)ccc1O. The summed E-state index contributed by atoms with van der Waals surface area (Å²) in [5.41, 5.74) is 1.40. The molecule has 0 saturated heterocycles. The number of phenols is 2. The number of benzene rings is 2. The third-order valence-corrected chi connectivity index (χ3v) is 4.74. The first-order valence-electron chi connectivity index (χ1n) is 8.94. The second-order valence-corrected chi connectivity index (χ2v) is 7.81. The number of hydrogen-bond acceptors (Lipinski definition) is 6. The number of rotatable bonds is 11. The fourth-order valence-corrected chi connectivity index (χ4v) is 3.05. The average Bonchev–Trinajstić information content (AvgIpc) is 2.67. The van der Waals surface area contributed by atoms with Crippen LogP contribution in [0.15, 0.2) is 55.3 Å². The molecule has 0 heterocycles. The van der Waals surface area contributed by atoms with E-state index in [9.17, 15) is 10.2 Å². The zero-order valence-corrected chi connectivity index (χ0v) is 18.6. The van der Waals surface area contributed by atoms with Gasteiger partial charge in [0.05, 0.1) is 13.1 Å². The predicted molar refractivity (Wildman–Crippen MR) is 122 cm³/mol. The van der Waals surface area contributed by atoms with Crippen LogP contribution in [0.25, 0.3) is 0 Å². The molecule has 2 aromatic carbocycles. The Labute approximate surface area is 182 Å². The zero-order valence-electron chi connectivity index (χ0n) is 15.4. The van der Waals surface area contributed by atoms with E-state index in [4.69, 9.17) is 0 Å². The van der Waals surface area contributed by atoms with Crippen LogP contribution in [0.5, 0.6) is 11.5 Å². The molecule has 0 aliphatic carbocycles. The Kier molecular flexibility index (Phi) is 10.2. The lowest BCUT2D eigenvalue weighted by Crippen LogP contribution is -2.30. The summed E-state index contributed by atoms with van der Waals surface area (Å²) in [6.07, 6.45) is 3.36. The van der Waals surface area contributed by atoms with Crippen molar-refractivity contribution in [2.75, 3.05) is 39.3 Å². The Bertz CT molecular complexity index is 745. The molecular formula is C20H24Br2N4O2. The summed E-state index contributed by atoms with van der Waals surface area (Å²) in [6.45, 7) is 4.51. The van der Waals surface area contributed by atoms with Gasteiger partial charge in [-0.2, -0.15) is 0 Å². The lowest BCUT2D eigenvalue weighted by atomic mass is 10.2. The fourth-order valence-electron chi connectivity index (χ4n) is 2.30. The minimum absolute atomic E-state index is 0.224. The quantitative estimate of drug-likeness (QED) is 0.275. The lowest BCUT2D eigenvalue weighted by molar-refractivity contribution is 0.474. The highest BCUT2D eigenvalue weighted by Gasteiger charge is 1.99. The standard InChI is InChI=1S/C20H24Br2N4O2/c21-17-1-3-19(27)15(11-17)13-25-9-7-23-5-6-24-8-10-26-14-16-12-18(22)2-4-20(16)28/h1-4,11-14,23-24,27-28H,5-10H2. The lowest BCUT2D eigenvalue weighted by Gasteiger charge is -2.04. The van der Waals surface area contributed by atoms with E-state index < -0.39 is 0 Å². The molecule has 0 saturated carbocycles. The van der Waals surface area contributed by atoms with Crippen LogP contribution >= 0.6 is 31.9 Å². The molecule has 150 valence electrons. The third-order valence-electron chi connectivity index (χ3n) is 3.75. The van der Waals surface area contributed by atoms with E-state index in [2.05, 4.69) is 52.5 Å². The molecular weight excluding hydrogens is 488 g/mol. The van der Waals surface area contributed by atoms with Crippen molar-refractivity contribution in [3.05, 3.63) is 56.5 Å². The number of hydrogen-bond donors (Lipinski definition) is 4. The van der Waals surface area contributed by atoms with Gasteiger partial charge in [-0.05, 0) is 36.4 Å². The van der Waals surface area contributed by atoms with Crippen molar-refractivity contribution in [2.45, 2.75) is 0 Å². The molecule has 0 bridgehead atoms. The minimum Gasteiger partial charge on any atom is -0.507 e. The molecule has 6 nitrogen and oxygen atoms in total. The zero-order chi connectivity index (χ0) is 20.2. The number of nitrogens with zero attached hydrogens (tertiary/aromatic N) is 2. The molecule has 0 amide bonds. The molecule has 0 aliphatic heterocycles. The van der Waals surface area contributed by atoms with E-state index in [1.807, 2.05) is 12.1 Å². The van der Waals surface area contributed by atoms with Gasteiger partial charge in [-0.25, -0.2) is 0 Å². The first kappa shape index (κ1) is 22.5. The van der Waals surface area contributed by atoms with Crippen LogP contribution < -0.4 is 10.6 Å². The van der Waals surface area contributed by atoms with E-state index in [0.717, 1.165) is 35.1 Å². The first-order chi connectivity index (χ1) is 13.6. The highest BCUT2D eigenvalue weighted by Crippen LogP contribution is 2.20. The molecule has 0 spiro atoms. The van der Waals surface area contributed by atoms with E-state index in [-0.39, 0.29) is 11.5 Å². The third kappa shape index (κ3) is 8.52. The van der Waals surface area contributed by atoms with Crippen molar-refractivity contribution in [2.24, 2.45) is 9.98 Å². The van der Waals surface area contributed by atoms with Gasteiger partial charge in [0.25, 0.3) is 0 Å². The van der Waals surface area contributed by atoms with Crippen LogP contribution in [0.1, 0.15) is 11.1 Å². The van der Waals surface area contributed by atoms with Gasteiger partial charge in [0, 0.05) is 58.7 Å². The number of phenolic OH excluding ortho intramolecular Hbond substituents is 2. The summed E-state index contributed by atoms with van der Waals surface area (Å²) in [5.74, 6) is 0.448. The average molecular weight is 512 g/mol. The Morgan fingerprint density at radius 1 is 0.714 bits per heavy atom. The van der Waals surface area contributed by atoms with Crippen LogP contribution in [0.3, 0.4) is 0 Å². The number of aliphatic imine (C=N–C) groups is 2. The normalized spacial score (nSPS) is 11.6. The molecule has 0 radical (unpaired) electrons. The summed E-state index contributed by atoms with van der Waals surface area (Å²) in [6, 6.07) is 10.5. The molecule has 0 unspecified atom stereocenters. The highest BCUT2D eigenvalue weighted by atomic mass is 79.9. The maximum Gasteiger partial charge on any atom is 0.124 e. The molecule has 0 aliphatic rings. The maximum absolute atomic E-state index is 9.73. The maximum atomic E-state index is 9.73. The first-order valence-corrected chi connectivity index (χ1v) is 10.5. The van der Waals surface area contributed by atoms with Crippen molar-refractivity contribution in [1.29, 1.82) is 0 Å². The Morgan fingerprint density at radius 3 is 1.57 bits per heavy atom. The van der Waals surface area contributed by atoms with E-state index in [0.29, 0.717) is 24.2 Å². The molecule has 4 N–H and O–H groups in total. The number of halogens is 2. The number of aromatic hydroxyl groups is 2. The van der Waals surface area contributed by atoms with Crippen molar-refractivity contribution < 1.29 is 10.2 Å². The van der Waals surface area contributed by atoms with Crippen molar-refractivity contribution in [1.82, 2.24) is 10.6 Å². The van der Waals surface area contributed by atoms with Crippen LogP contribution in [0, 0.1) is 0 Å². The van der Waals surface area contributed by atoms with Gasteiger partial charge in [0.2, 0.25) is 0 Å². The summed E-state index contributed by atoms with van der Waals surface area (Å²) >= 11 is 6.75. The Morgan fingerprint density at radius 2 is 1.14 bits per heavy atom. The molecule has 28 heavy (non-hydrogen) atoms. The van der Waals surface area contributed by atoms with Gasteiger partial charge >= 0.3 is 0 Å². The van der Waals surface area contributed by atoms with Gasteiger partial charge in [-0.15, -0.1) is 0 Å². The highest BCUT2D eigenvalue weighted by molar-refractivity contribution is 9.10. The fraction of sp³-hybridized carbons (Fsp3) is 0.300. The summed E-state index contributed by atoms with van der Waals surface area (Å²) in [4.78, 5) is 8.62. The molecule has 8 heteroatoms. The molecule has 0 aromatic heterocycles. The topological polar surface area (TPSA) is 89.2 Å². The van der Waals surface area contributed by atoms with Crippen molar-refractivity contribution in [3.8, 4) is 11.5 Å². The van der Waals surface area contributed by atoms with Gasteiger partial charge in [0.1, 0.15) is 11.5 Å². The van der Waals surface area contributed by atoms with E-state index >= 15 is 0 Å². The van der Waals surface area contributed by atoms with Gasteiger partial charge in [-0.3, -0.25) is 9.98 Å². The van der Waals surface area contributed by atoms with Crippen LogP contribution in [-0.2, 0) is 0 Å². The monoisotopic (exact) mass is 510 g/mol. The van der Waals surface area contributed by atoms with E-state index in [1.54, 1.807) is 36.7 Å². The second kappa shape index (κ2) is 12.7. The molecule has 0 atom stereocenters. The summed E-state index contributed by atoms with van der Waals surface area (Å²) in [5, 5.41) is 26.1. The Balaban J connectivity index is 1.51. The Hall–Kier alpha value is -1.74. The van der Waals surface area contributed by atoms with Gasteiger partial charge in [0.15, 0.2) is 0 Å². The summed E-state index contributed by atoms with van der Waals surface area (Å²) < 4.78 is 1.82. The van der Waals surface area contributed by atoms with Crippen molar-refractivity contribution >= 4 is 44.3 Å². The van der Waals surface area contributed by atoms with Crippen LogP contribution in [0.2, 0.25) is 0 Å². The molecule has 2 rings (SSSR count). The van der Waals surface area contributed by atoms with Crippen LogP contribution in [0.4, 0.5) is 0 Å². The van der Waals surface area contributed by atoms with Crippen molar-refractivity contribution in [3.63, 3.8) is 0 Å². The van der Waals surface area contributed by atoms with Gasteiger partial charge in [-0.1, -0.05) is 31.9 Å². The smallest absolute Gasteiger partial charge is 0.124 e. The van der Waals surface area contributed by atoms with E-state index in [1.165, 1.54) is 0 Å². The number of nitrogens with one attached hydrogen (secondary N) is 2. The molecule has 0 fully saturated rings. The van der Waals surface area contributed by atoms with Gasteiger partial charge < -0.3 is 20.8 Å². The predicted octanol–water partition coefficient (Wildman–Crippen LogP) is 3.34.